The van der Waals surface area contributed by atoms with Crippen molar-refractivity contribution in [1.29, 1.82) is 0 Å². The first kappa shape index (κ1) is 16.7. The van der Waals surface area contributed by atoms with Crippen LogP contribution in [0.2, 0.25) is 0 Å². The maximum Gasteiger partial charge on any atom is 0.407 e. The molecule has 0 aliphatic carbocycles. The molecule has 0 spiro atoms. The molecule has 0 heterocycles. The fraction of sp³-hybridized carbons (Fsp3) is 0.833. The van der Waals surface area contributed by atoms with E-state index >= 15 is 0 Å². The Bertz CT molecular complexity index is 257. The molecule has 0 aromatic heterocycles. The van der Waals surface area contributed by atoms with Gasteiger partial charge >= 0.3 is 12.1 Å². The van der Waals surface area contributed by atoms with Crippen LogP contribution in [0.25, 0.3) is 0 Å². The zero-order valence-corrected chi connectivity index (χ0v) is 11.0. The van der Waals surface area contributed by atoms with E-state index in [-0.39, 0.29) is 6.61 Å². The van der Waals surface area contributed by atoms with Gasteiger partial charge in [0.15, 0.2) is 6.04 Å². The number of ether oxygens (including phenoxy) is 1. The highest BCUT2D eigenvalue weighted by molar-refractivity contribution is 5.79. The molecule has 0 bridgehead atoms. The Labute approximate surface area is 107 Å². The molecular weight excluding hydrogens is 238 g/mol. The van der Waals surface area contributed by atoms with Gasteiger partial charge in [0.1, 0.15) is 0 Å². The first-order valence-electron chi connectivity index (χ1n) is 6.32. The van der Waals surface area contributed by atoms with Crippen molar-refractivity contribution in [2.24, 2.45) is 5.92 Å². The van der Waals surface area contributed by atoms with E-state index in [1.165, 1.54) is 0 Å². The smallest absolute Gasteiger partial charge is 0.407 e. The number of carboxylic acids is 1. The molecule has 1 amide bonds. The number of aliphatic hydroxyl groups excluding tert-OH is 1. The predicted octanol–water partition coefficient (Wildman–Crippen LogP) is 1.37. The van der Waals surface area contributed by atoms with Crippen molar-refractivity contribution in [2.45, 2.75) is 45.6 Å². The third-order valence-electron chi connectivity index (χ3n) is 2.77. The van der Waals surface area contributed by atoms with Gasteiger partial charge < -0.3 is 20.3 Å². The maximum atomic E-state index is 11.3. The molecule has 0 fully saturated rings. The number of rotatable bonds is 9. The monoisotopic (exact) mass is 261 g/mol. The summed E-state index contributed by atoms with van der Waals surface area (Å²) in [5.74, 6) is -0.986. The van der Waals surface area contributed by atoms with Gasteiger partial charge in [0.05, 0.1) is 13.2 Å². The molecule has 0 saturated carbocycles. The average molecular weight is 261 g/mol. The lowest BCUT2D eigenvalue weighted by atomic mass is 10.0. The van der Waals surface area contributed by atoms with Gasteiger partial charge in [0.2, 0.25) is 0 Å². The zero-order valence-electron chi connectivity index (χ0n) is 11.0. The molecule has 0 aliphatic heterocycles. The molecule has 0 aromatic rings. The summed E-state index contributed by atoms with van der Waals surface area (Å²) in [6.07, 6.45) is 3.27. The van der Waals surface area contributed by atoms with Gasteiger partial charge in [-0.15, -0.1) is 0 Å². The van der Waals surface area contributed by atoms with Crippen molar-refractivity contribution in [2.75, 3.05) is 13.2 Å². The first-order valence-corrected chi connectivity index (χ1v) is 6.32. The Balaban J connectivity index is 3.96. The van der Waals surface area contributed by atoms with Gasteiger partial charge in [-0.25, -0.2) is 9.59 Å². The van der Waals surface area contributed by atoms with Crippen molar-refractivity contribution in [3.05, 3.63) is 0 Å². The number of hydrogen-bond acceptors (Lipinski definition) is 4. The minimum atomic E-state index is -1.31. The summed E-state index contributed by atoms with van der Waals surface area (Å²) in [5, 5.41) is 19.5. The quantitative estimate of drug-likeness (QED) is 0.582. The fourth-order valence-electron chi connectivity index (χ4n) is 1.46. The Morgan fingerprint density at radius 1 is 1.33 bits per heavy atom. The number of unbranched alkanes of at least 4 members (excludes halogenated alkanes) is 1. The minimum Gasteiger partial charge on any atom is -0.480 e. The topological polar surface area (TPSA) is 95.9 Å². The van der Waals surface area contributed by atoms with Crippen LogP contribution in [0.15, 0.2) is 0 Å². The van der Waals surface area contributed by atoms with Crippen LogP contribution in [0, 0.1) is 5.92 Å². The van der Waals surface area contributed by atoms with Gasteiger partial charge in [0.25, 0.3) is 0 Å². The number of aliphatic carboxylic acids is 1. The van der Waals surface area contributed by atoms with Crippen LogP contribution in [0.5, 0.6) is 0 Å². The molecule has 106 valence electrons. The summed E-state index contributed by atoms with van der Waals surface area (Å²) < 4.78 is 4.95. The van der Waals surface area contributed by atoms with E-state index < -0.39 is 24.7 Å². The molecule has 18 heavy (non-hydrogen) atoms. The van der Waals surface area contributed by atoms with Crippen molar-refractivity contribution in [3.8, 4) is 0 Å². The SMILES string of the molecule is CCCCC(CC)COC(=O)NC(CO)C(=O)O. The van der Waals surface area contributed by atoms with Crippen LogP contribution in [0.1, 0.15) is 39.5 Å². The highest BCUT2D eigenvalue weighted by Gasteiger charge is 2.20. The van der Waals surface area contributed by atoms with Crippen LogP contribution in [-0.2, 0) is 9.53 Å². The van der Waals surface area contributed by atoms with Crippen molar-refractivity contribution in [1.82, 2.24) is 5.32 Å². The molecule has 6 nitrogen and oxygen atoms in total. The normalized spacial score (nSPS) is 13.7. The Morgan fingerprint density at radius 3 is 2.44 bits per heavy atom. The lowest BCUT2D eigenvalue weighted by Gasteiger charge is -2.16. The number of carbonyl (C=O) groups excluding carboxylic acids is 1. The van der Waals surface area contributed by atoms with Crippen molar-refractivity contribution in [3.63, 3.8) is 0 Å². The molecule has 0 aromatic carbocycles. The number of carboxylic acid groups (broad SMARTS) is 1. The number of hydrogen-bond donors (Lipinski definition) is 3. The summed E-state index contributed by atoms with van der Waals surface area (Å²) in [5.41, 5.74) is 0. The van der Waals surface area contributed by atoms with Gasteiger partial charge in [-0.3, -0.25) is 0 Å². The second kappa shape index (κ2) is 9.70. The molecular formula is C12H23NO5. The van der Waals surface area contributed by atoms with E-state index in [1.54, 1.807) is 0 Å². The van der Waals surface area contributed by atoms with Crippen molar-refractivity contribution >= 4 is 12.1 Å². The Kier molecular flexibility index (Phi) is 9.00. The number of alkyl carbamates (subject to hydrolysis) is 1. The summed E-state index contributed by atoms with van der Waals surface area (Å²) in [7, 11) is 0. The van der Waals surface area contributed by atoms with E-state index in [0.29, 0.717) is 5.92 Å². The second-order valence-electron chi connectivity index (χ2n) is 4.23. The average Bonchev–Trinajstić information content (AvgIpc) is 2.35. The van der Waals surface area contributed by atoms with Crippen LogP contribution in [0.4, 0.5) is 4.79 Å². The number of carbonyl (C=O) groups is 2. The van der Waals surface area contributed by atoms with E-state index in [2.05, 4.69) is 12.2 Å². The third kappa shape index (κ3) is 7.11. The summed E-state index contributed by atoms with van der Waals surface area (Å²) in [6.45, 7) is 3.74. The van der Waals surface area contributed by atoms with Crippen molar-refractivity contribution < 1.29 is 24.5 Å². The Morgan fingerprint density at radius 2 is 2.00 bits per heavy atom. The molecule has 2 unspecified atom stereocenters. The van der Waals surface area contributed by atoms with Gasteiger partial charge in [-0.05, 0) is 12.3 Å². The summed E-state index contributed by atoms with van der Waals surface area (Å²) in [6, 6.07) is -1.31. The third-order valence-corrected chi connectivity index (χ3v) is 2.77. The zero-order chi connectivity index (χ0) is 14.0. The lowest BCUT2D eigenvalue weighted by molar-refractivity contribution is -0.140. The number of nitrogens with one attached hydrogen (secondary N) is 1. The predicted molar refractivity (Wildman–Crippen MR) is 66.3 cm³/mol. The van der Waals surface area contributed by atoms with Gasteiger partial charge in [-0.1, -0.05) is 33.1 Å². The Hall–Kier alpha value is -1.30. The lowest BCUT2D eigenvalue weighted by Crippen LogP contribution is -2.43. The van der Waals surface area contributed by atoms with Crippen LogP contribution in [-0.4, -0.2) is 41.5 Å². The molecule has 6 heteroatoms. The molecule has 0 aliphatic rings. The standard InChI is InChI=1S/C12H23NO5/c1-3-5-6-9(4-2)8-18-12(17)13-10(7-14)11(15)16/h9-10,14H,3-8H2,1-2H3,(H,13,17)(H,15,16). The summed E-state index contributed by atoms with van der Waals surface area (Å²) >= 11 is 0. The second-order valence-corrected chi connectivity index (χ2v) is 4.23. The molecule has 0 saturated heterocycles. The molecule has 0 rings (SSSR count). The summed E-state index contributed by atoms with van der Waals surface area (Å²) in [4.78, 5) is 21.9. The van der Waals surface area contributed by atoms with E-state index in [1.807, 2.05) is 6.92 Å². The first-order chi connectivity index (χ1) is 8.54. The van der Waals surface area contributed by atoms with Crippen LogP contribution in [0.3, 0.4) is 0 Å². The fourth-order valence-corrected chi connectivity index (χ4v) is 1.46. The highest BCUT2D eigenvalue weighted by Crippen LogP contribution is 2.12. The molecule has 0 radical (unpaired) electrons. The van der Waals surface area contributed by atoms with E-state index in [0.717, 1.165) is 25.7 Å². The molecule has 2 atom stereocenters. The number of amides is 1. The largest absolute Gasteiger partial charge is 0.480 e. The van der Waals surface area contributed by atoms with Crippen LogP contribution >= 0.6 is 0 Å². The van der Waals surface area contributed by atoms with E-state index in [9.17, 15) is 9.59 Å². The van der Waals surface area contributed by atoms with Gasteiger partial charge in [-0.2, -0.15) is 0 Å². The maximum absolute atomic E-state index is 11.3. The number of aliphatic hydroxyl groups is 1. The van der Waals surface area contributed by atoms with Gasteiger partial charge in [0, 0.05) is 0 Å². The minimum absolute atomic E-state index is 0.278. The van der Waals surface area contributed by atoms with E-state index in [4.69, 9.17) is 14.9 Å². The highest BCUT2D eigenvalue weighted by atomic mass is 16.5. The van der Waals surface area contributed by atoms with Crippen LogP contribution < -0.4 is 5.32 Å². The molecule has 3 N–H and O–H groups in total.